The van der Waals surface area contributed by atoms with Crippen molar-refractivity contribution in [2.24, 2.45) is 0 Å². The lowest BCUT2D eigenvalue weighted by atomic mass is 10.00. The van der Waals surface area contributed by atoms with Gasteiger partial charge in [0.05, 0.1) is 0 Å². The van der Waals surface area contributed by atoms with Gasteiger partial charge in [-0.25, -0.2) is 9.99 Å². The molecule has 0 radical (unpaired) electrons. The third kappa shape index (κ3) is 2.85. The van der Waals surface area contributed by atoms with Crippen molar-refractivity contribution in [3.8, 4) is 0 Å². The zero-order chi connectivity index (χ0) is 13.1. The summed E-state index contributed by atoms with van der Waals surface area (Å²) in [7, 11) is 0. The minimum Gasteiger partial charge on any atom is -0.283 e. The van der Waals surface area contributed by atoms with Crippen LogP contribution in [0.3, 0.4) is 0 Å². The van der Waals surface area contributed by atoms with E-state index in [0.717, 1.165) is 12.8 Å². The highest BCUT2D eigenvalue weighted by molar-refractivity contribution is 5.91. The van der Waals surface area contributed by atoms with Gasteiger partial charge in [-0.2, -0.15) is 4.39 Å². The molecule has 1 amide bonds. The molecule has 2 heterocycles. The Kier molecular flexibility index (Phi) is 3.91. The van der Waals surface area contributed by atoms with Crippen LogP contribution in [0.1, 0.15) is 43.6 Å². The van der Waals surface area contributed by atoms with Crippen molar-refractivity contribution in [3.63, 3.8) is 0 Å². The number of halogens is 1. The Labute approximate surface area is 106 Å². The number of nitrogens with one attached hydrogen (secondary N) is 1. The SMILES string of the molecule is CC1CCCC(C)N1NC(=O)c1cccc(F)n1. The molecule has 2 atom stereocenters. The molecule has 1 N–H and O–H groups in total. The number of amides is 1. The highest BCUT2D eigenvalue weighted by Crippen LogP contribution is 2.20. The molecule has 0 aliphatic carbocycles. The third-order valence-electron chi connectivity index (χ3n) is 3.37. The van der Waals surface area contributed by atoms with Crippen LogP contribution in [-0.4, -0.2) is 28.0 Å². The lowest BCUT2D eigenvalue weighted by molar-refractivity contribution is 0.0365. The topological polar surface area (TPSA) is 45.2 Å². The summed E-state index contributed by atoms with van der Waals surface area (Å²) in [4.78, 5) is 15.6. The molecule has 1 fully saturated rings. The van der Waals surface area contributed by atoms with Crippen molar-refractivity contribution >= 4 is 5.91 Å². The van der Waals surface area contributed by atoms with Crippen molar-refractivity contribution in [1.29, 1.82) is 0 Å². The van der Waals surface area contributed by atoms with Gasteiger partial charge in [-0.1, -0.05) is 12.5 Å². The summed E-state index contributed by atoms with van der Waals surface area (Å²) in [5.41, 5.74) is 2.94. The summed E-state index contributed by atoms with van der Waals surface area (Å²) < 4.78 is 13.0. The van der Waals surface area contributed by atoms with E-state index in [4.69, 9.17) is 0 Å². The molecule has 98 valence electrons. The second-order valence-corrected chi connectivity index (χ2v) is 4.82. The van der Waals surface area contributed by atoms with Crippen LogP contribution in [0.2, 0.25) is 0 Å². The van der Waals surface area contributed by atoms with Gasteiger partial charge in [0, 0.05) is 12.1 Å². The van der Waals surface area contributed by atoms with Gasteiger partial charge in [0.2, 0.25) is 5.95 Å². The second-order valence-electron chi connectivity index (χ2n) is 4.82. The van der Waals surface area contributed by atoms with Crippen molar-refractivity contribution in [3.05, 3.63) is 29.8 Å². The van der Waals surface area contributed by atoms with Gasteiger partial charge in [0.15, 0.2) is 0 Å². The number of carbonyl (C=O) groups is 1. The number of pyridine rings is 1. The second kappa shape index (κ2) is 5.44. The van der Waals surface area contributed by atoms with E-state index in [1.54, 1.807) is 0 Å². The van der Waals surface area contributed by atoms with Crippen molar-refractivity contribution in [2.45, 2.75) is 45.2 Å². The maximum atomic E-state index is 13.0. The molecular formula is C13H18FN3O. The maximum Gasteiger partial charge on any atom is 0.284 e. The average Bonchev–Trinajstić information content (AvgIpc) is 2.34. The fraction of sp³-hybridized carbons (Fsp3) is 0.538. The number of hydrogen-bond acceptors (Lipinski definition) is 3. The minimum atomic E-state index is -0.637. The Hall–Kier alpha value is -1.49. The van der Waals surface area contributed by atoms with Gasteiger partial charge in [-0.3, -0.25) is 10.2 Å². The Balaban J connectivity index is 2.06. The van der Waals surface area contributed by atoms with E-state index in [1.807, 2.05) is 5.01 Å². The molecule has 1 saturated heterocycles. The zero-order valence-electron chi connectivity index (χ0n) is 10.7. The first-order chi connectivity index (χ1) is 8.58. The van der Waals surface area contributed by atoms with E-state index in [1.165, 1.54) is 24.6 Å². The van der Waals surface area contributed by atoms with Gasteiger partial charge in [-0.05, 0) is 38.8 Å². The number of piperidine rings is 1. The quantitative estimate of drug-likeness (QED) is 0.819. The normalized spacial score (nSPS) is 24.8. The summed E-state index contributed by atoms with van der Waals surface area (Å²) in [6, 6.07) is 4.82. The largest absolute Gasteiger partial charge is 0.284 e. The van der Waals surface area contributed by atoms with E-state index in [9.17, 15) is 9.18 Å². The Morgan fingerprint density at radius 1 is 1.39 bits per heavy atom. The van der Waals surface area contributed by atoms with Crippen LogP contribution in [0.25, 0.3) is 0 Å². The lowest BCUT2D eigenvalue weighted by Gasteiger charge is -2.38. The van der Waals surface area contributed by atoms with Crippen LogP contribution < -0.4 is 5.43 Å². The standard InChI is InChI=1S/C13H18FN3O/c1-9-5-3-6-10(2)17(9)16-13(18)11-7-4-8-12(14)15-11/h4,7-10H,3,5-6H2,1-2H3,(H,16,18). The zero-order valence-corrected chi connectivity index (χ0v) is 10.7. The Morgan fingerprint density at radius 2 is 2.06 bits per heavy atom. The van der Waals surface area contributed by atoms with Crippen LogP contribution in [0.4, 0.5) is 4.39 Å². The highest BCUT2D eigenvalue weighted by atomic mass is 19.1. The first kappa shape index (κ1) is 13.0. The smallest absolute Gasteiger partial charge is 0.283 e. The number of nitrogens with zero attached hydrogens (tertiary/aromatic N) is 2. The minimum absolute atomic E-state index is 0.111. The molecule has 5 heteroatoms. The number of rotatable bonds is 2. The van der Waals surface area contributed by atoms with Crippen LogP contribution >= 0.6 is 0 Å². The van der Waals surface area contributed by atoms with Gasteiger partial charge in [0.1, 0.15) is 5.69 Å². The van der Waals surface area contributed by atoms with Crippen LogP contribution in [0.5, 0.6) is 0 Å². The number of hydrazine groups is 1. The molecule has 4 nitrogen and oxygen atoms in total. The monoisotopic (exact) mass is 251 g/mol. The van der Waals surface area contributed by atoms with Gasteiger partial charge in [-0.15, -0.1) is 0 Å². The maximum absolute atomic E-state index is 13.0. The van der Waals surface area contributed by atoms with Gasteiger partial charge in [0.25, 0.3) is 5.91 Å². The molecule has 0 saturated carbocycles. The van der Waals surface area contributed by atoms with E-state index in [0.29, 0.717) is 12.1 Å². The predicted molar refractivity (Wildman–Crippen MR) is 66.3 cm³/mol. The van der Waals surface area contributed by atoms with E-state index >= 15 is 0 Å². The summed E-state index contributed by atoms with van der Waals surface area (Å²) >= 11 is 0. The van der Waals surface area contributed by atoms with Crippen LogP contribution in [-0.2, 0) is 0 Å². The van der Waals surface area contributed by atoms with Crippen LogP contribution in [0, 0.1) is 5.95 Å². The third-order valence-corrected chi connectivity index (χ3v) is 3.37. The molecule has 1 aromatic rings. The average molecular weight is 251 g/mol. The molecule has 0 bridgehead atoms. The molecule has 0 aromatic carbocycles. The summed E-state index contributed by atoms with van der Waals surface area (Å²) in [6.07, 6.45) is 3.29. The summed E-state index contributed by atoms with van der Waals surface area (Å²) in [5, 5.41) is 1.94. The number of aromatic nitrogens is 1. The molecular weight excluding hydrogens is 233 g/mol. The van der Waals surface area contributed by atoms with E-state index < -0.39 is 5.95 Å². The molecule has 2 unspecified atom stereocenters. The molecule has 18 heavy (non-hydrogen) atoms. The molecule has 1 aliphatic heterocycles. The molecule has 1 aliphatic rings. The van der Waals surface area contributed by atoms with Gasteiger partial charge >= 0.3 is 0 Å². The fourth-order valence-corrected chi connectivity index (χ4v) is 2.35. The predicted octanol–water partition coefficient (Wildman–Crippen LogP) is 2.13. The van der Waals surface area contributed by atoms with Gasteiger partial charge < -0.3 is 0 Å². The Bertz CT molecular complexity index is 428. The molecule has 1 aromatic heterocycles. The fourth-order valence-electron chi connectivity index (χ4n) is 2.35. The number of carbonyl (C=O) groups excluding carboxylic acids is 1. The number of hydrogen-bond donors (Lipinski definition) is 1. The van der Waals surface area contributed by atoms with Crippen molar-refractivity contribution in [2.75, 3.05) is 0 Å². The van der Waals surface area contributed by atoms with Crippen molar-refractivity contribution < 1.29 is 9.18 Å². The first-order valence-electron chi connectivity index (χ1n) is 6.30. The highest BCUT2D eigenvalue weighted by Gasteiger charge is 2.26. The summed E-state index contributed by atoms with van der Waals surface area (Å²) in [6.45, 7) is 4.16. The lowest BCUT2D eigenvalue weighted by Crippen LogP contribution is -2.54. The first-order valence-corrected chi connectivity index (χ1v) is 6.30. The molecule has 2 rings (SSSR count). The van der Waals surface area contributed by atoms with Crippen molar-refractivity contribution in [1.82, 2.24) is 15.4 Å². The van der Waals surface area contributed by atoms with E-state index in [2.05, 4.69) is 24.3 Å². The Morgan fingerprint density at radius 3 is 2.67 bits per heavy atom. The molecule has 0 spiro atoms. The summed E-state index contributed by atoms with van der Waals surface area (Å²) in [5.74, 6) is -0.988. The van der Waals surface area contributed by atoms with E-state index in [-0.39, 0.29) is 11.6 Å². The van der Waals surface area contributed by atoms with Crippen LogP contribution in [0.15, 0.2) is 18.2 Å².